The average molecular weight is 166 g/mol. The Bertz CT molecular complexity index is 269. The van der Waals surface area contributed by atoms with E-state index in [1.165, 1.54) is 6.20 Å². The van der Waals surface area contributed by atoms with Crippen LogP contribution in [0.2, 0.25) is 0 Å². The quantitative estimate of drug-likeness (QED) is 0.672. The Labute approximate surface area is 70.0 Å². The molecule has 3 N–H and O–H groups in total. The molecular weight excluding hydrogens is 156 g/mol. The van der Waals surface area contributed by atoms with Crippen molar-refractivity contribution in [1.82, 2.24) is 9.97 Å². The number of aryl methyl sites for hydroxylation is 1. The lowest BCUT2D eigenvalue weighted by molar-refractivity contribution is 0.259. The summed E-state index contributed by atoms with van der Waals surface area (Å²) >= 11 is 0. The van der Waals surface area contributed by atoms with Gasteiger partial charge in [0.25, 0.3) is 0 Å². The predicted octanol–water partition coefficient (Wildman–Crippen LogP) is 0.530. The molecule has 0 aliphatic heterocycles. The van der Waals surface area contributed by atoms with Crippen LogP contribution in [-0.4, -0.2) is 16.0 Å². The summed E-state index contributed by atoms with van der Waals surface area (Å²) in [7, 11) is 0. The van der Waals surface area contributed by atoms with Gasteiger partial charge in [0, 0.05) is 0 Å². The minimum Gasteiger partial charge on any atom is -0.351 e. The van der Waals surface area contributed by atoms with Crippen molar-refractivity contribution >= 4 is 11.8 Å². The first kappa shape index (κ1) is 8.45. The SMILES string of the molecule is CCc1cnc(NC(N)=O)cn1. The maximum Gasteiger partial charge on any atom is 0.317 e. The number of anilines is 1. The minimum atomic E-state index is -0.631. The van der Waals surface area contributed by atoms with Crippen molar-refractivity contribution in [2.45, 2.75) is 13.3 Å². The van der Waals surface area contributed by atoms with Crippen LogP contribution in [0.15, 0.2) is 12.4 Å². The van der Waals surface area contributed by atoms with Gasteiger partial charge >= 0.3 is 6.03 Å². The number of carbonyl (C=O) groups excluding carboxylic acids is 1. The van der Waals surface area contributed by atoms with E-state index in [1.54, 1.807) is 6.20 Å². The Morgan fingerprint density at radius 3 is 2.75 bits per heavy atom. The number of nitrogens with two attached hydrogens (primary N) is 1. The molecule has 64 valence electrons. The second-order valence-corrected chi connectivity index (χ2v) is 2.24. The third kappa shape index (κ3) is 2.19. The zero-order chi connectivity index (χ0) is 8.97. The third-order valence-corrected chi connectivity index (χ3v) is 1.32. The molecule has 5 heteroatoms. The summed E-state index contributed by atoms with van der Waals surface area (Å²) < 4.78 is 0. The van der Waals surface area contributed by atoms with Gasteiger partial charge < -0.3 is 5.73 Å². The summed E-state index contributed by atoms with van der Waals surface area (Å²) in [5.41, 5.74) is 5.76. The molecule has 1 aromatic heterocycles. The summed E-state index contributed by atoms with van der Waals surface area (Å²) in [6.07, 6.45) is 3.90. The van der Waals surface area contributed by atoms with Crippen LogP contribution in [0.3, 0.4) is 0 Å². The van der Waals surface area contributed by atoms with E-state index in [9.17, 15) is 4.79 Å². The van der Waals surface area contributed by atoms with E-state index >= 15 is 0 Å². The van der Waals surface area contributed by atoms with Gasteiger partial charge in [0.1, 0.15) is 0 Å². The fraction of sp³-hybridized carbons (Fsp3) is 0.286. The van der Waals surface area contributed by atoms with Gasteiger partial charge in [0.05, 0.1) is 18.1 Å². The number of amides is 2. The van der Waals surface area contributed by atoms with Gasteiger partial charge in [-0.3, -0.25) is 10.3 Å². The Morgan fingerprint density at radius 2 is 2.33 bits per heavy atom. The van der Waals surface area contributed by atoms with Crippen molar-refractivity contribution in [2.75, 3.05) is 5.32 Å². The lowest BCUT2D eigenvalue weighted by Gasteiger charge is -1.99. The summed E-state index contributed by atoms with van der Waals surface area (Å²) in [5.74, 6) is 0.375. The van der Waals surface area contributed by atoms with E-state index < -0.39 is 6.03 Å². The number of nitrogens with zero attached hydrogens (tertiary/aromatic N) is 2. The topological polar surface area (TPSA) is 80.9 Å². The molecule has 0 spiro atoms. The monoisotopic (exact) mass is 166 g/mol. The second kappa shape index (κ2) is 3.66. The molecule has 1 rings (SSSR count). The minimum absolute atomic E-state index is 0.375. The van der Waals surface area contributed by atoms with Crippen LogP contribution >= 0.6 is 0 Å². The number of aromatic nitrogens is 2. The van der Waals surface area contributed by atoms with Crippen molar-refractivity contribution in [2.24, 2.45) is 5.73 Å². The molecule has 1 aromatic rings. The Kier molecular flexibility index (Phi) is 2.57. The highest BCUT2D eigenvalue weighted by Crippen LogP contribution is 2.00. The average Bonchev–Trinajstić information content (AvgIpc) is 2.05. The lowest BCUT2D eigenvalue weighted by atomic mass is 10.4. The zero-order valence-corrected chi connectivity index (χ0v) is 6.74. The van der Waals surface area contributed by atoms with Crippen molar-refractivity contribution in [3.05, 3.63) is 18.1 Å². The van der Waals surface area contributed by atoms with Crippen LogP contribution in [0.25, 0.3) is 0 Å². The molecule has 12 heavy (non-hydrogen) atoms. The van der Waals surface area contributed by atoms with Crippen LogP contribution in [0, 0.1) is 0 Å². The third-order valence-electron chi connectivity index (χ3n) is 1.32. The van der Waals surface area contributed by atoms with Gasteiger partial charge in [-0.2, -0.15) is 0 Å². The summed E-state index contributed by atoms with van der Waals surface area (Å²) in [6.45, 7) is 1.98. The van der Waals surface area contributed by atoms with E-state index in [0.717, 1.165) is 12.1 Å². The molecule has 0 bridgehead atoms. The number of hydrogen-bond acceptors (Lipinski definition) is 3. The molecule has 0 aliphatic rings. The van der Waals surface area contributed by atoms with E-state index in [1.807, 2.05) is 6.92 Å². The summed E-state index contributed by atoms with van der Waals surface area (Å²) in [5, 5.41) is 2.32. The van der Waals surface area contributed by atoms with E-state index in [-0.39, 0.29) is 0 Å². The molecule has 2 amide bonds. The molecule has 0 saturated heterocycles. The maximum absolute atomic E-state index is 10.4. The van der Waals surface area contributed by atoms with Crippen molar-refractivity contribution < 1.29 is 4.79 Å². The van der Waals surface area contributed by atoms with Gasteiger partial charge in [-0.25, -0.2) is 9.78 Å². The summed E-state index contributed by atoms with van der Waals surface area (Å²) in [6, 6.07) is -0.631. The molecule has 0 aliphatic carbocycles. The standard InChI is InChI=1S/C7H10N4O/c1-2-5-3-10-6(4-9-5)11-7(8)12/h3-4H,2H2,1H3,(H3,8,10,11,12). The van der Waals surface area contributed by atoms with E-state index in [0.29, 0.717) is 5.82 Å². The highest BCUT2D eigenvalue weighted by Gasteiger charge is 1.97. The van der Waals surface area contributed by atoms with Crippen LogP contribution < -0.4 is 11.1 Å². The number of nitrogens with one attached hydrogen (secondary N) is 1. The first-order chi connectivity index (χ1) is 5.72. The molecule has 0 unspecified atom stereocenters. The predicted molar refractivity (Wildman–Crippen MR) is 44.6 cm³/mol. The first-order valence-corrected chi connectivity index (χ1v) is 3.59. The number of hydrogen-bond donors (Lipinski definition) is 2. The number of carbonyl (C=O) groups is 1. The normalized spacial score (nSPS) is 9.42. The van der Waals surface area contributed by atoms with Crippen molar-refractivity contribution in [3.63, 3.8) is 0 Å². The Morgan fingerprint density at radius 1 is 1.58 bits per heavy atom. The molecule has 0 aromatic carbocycles. The fourth-order valence-corrected chi connectivity index (χ4v) is 0.728. The second-order valence-electron chi connectivity index (χ2n) is 2.24. The fourth-order valence-electron chi connectivity index (χ4n) is 0.728. The van der Waals surface area contributed by atoms with Gasteiger partial charge in [0.15, 0.2) is 5.82 Å². The molecule has 1 heterocycles. The van der Waals surface area contributed by atoms with Gasteiger partial charge in [-0.15, -0.1) is 0 Å². The number of rotatable bonds is 2. The molecule has 5 nitrogen and oxygen atoms in total. The number of urea groups is 1. The van der Waals surface area contributed by atoms with E-state index in [4.69, 9.17) is 5.73 Å². The molecular formula is C7H10N4O. The van der Waals surface area contributed by atoms with Crippen LogP contribution in [0.1, 0.15) is 12.6 Å². The Hall–Kier alpha value is -1.65. The van der Waals surface area contributed by atoms with Gasteiger partial charge in [-0.1, -0.05) is 6.92 Å². The highest BCUT2D eigenvalue weighted by molar-refractivity contribution is 5.86. The van der Waals surface area contributed by atoms with Gasteiger partial charge in [0.2, 0.25) is 0 Å². The molecule has 0 atom stereocenters. The van der Waals surface area contributed by atoms with Gasteiger partial charge in [-0.05, 0) is 6.42 Å². The van der Waals surface area contributed by atoms with Crippen LogP contribution in [-0.2, 0) is 6.42 Å². The van der Waals surface area contributed by atoms with E-state index in [2.05, 4.69) is 15.3 Å². The van der Waals surface area contributed by atoms with Crippen molar-refractivity contribution in [1.29, 1.82) is 0 Å². The maximum atomic E-state index is 10.4. The lowest BCUT2D eigenvalue weighted by Crippen LogP contribution is -2.20. The smallest absolute Gasteiger partial charge is 0.317 e. The van der Waals surface area contributed by atoms with Crippen LogP contribution in [0.5, 0.6) is 0 Å². The summed E-state index contributed by atoms with van der Waals surface area (Å²) in [4.78, 5) is 18.3. The molecule has 0 radical (unpaired) electrons. The van der Waals surface area contributed by atoms with Crippen molar-refractivity contribution in [3.8, 4) is 0 Å². The number of primary amides is 1. The largest absolute Gasteiger partial charge is 0.351 e. The molecule has 0 fully saturated rings. The zero-order valence-electron chi connectivity index (χ0n) is 6.74. The highest BCUT2D eigenvalue weighted by atomic mass is 16.2. The Balaban J connectivity index is 2.71. The molecule has 0 saturated carbocycles. The first-order valence-electron chi connectivity index (χ1n) is 3.59. The van der Waals surface area contributed by atoms with Crippen LogP contribution in [0.4, 0.5) is 10.6 Å².